The van der Waals surface area contributed by atoms with Gasteiger partial charge in [0.1, 0.15) is 0 Å². The fourth-order valence-corrected chi connectivity index (χ4v) is 3.90. The van der Waals surface area contributed by atoms with E-state index in [2.05, 4.69) is 24.3 Å². The van der Waals surface area contributed by atoms with Crippen molar-refractivity contribution in [3.63, 3.8) is 0 Å². The molecule has 2 heteroatoms. The molecule has 4 rings (SSSR count). The molecule has 0 aromatic heterocycles. The van der Waals surface area contributed by atoms with Gasteiger partial charge in [0, 0.05) is 27.3 Å². The van der Waals surface area contributed by atoms with Crippen LogP contribution in [-0.2, 0) is 6.42 Å². The minimum Gasteiger partial charge on any atom is -0.289 e. The van der Waals surface area contributed by atoms with Crippen molar-refractivity contribution in [1.82, 2.24) is 0 Å². The van der Waals surface area contributed by atoms with Crippen LogP contribution in [0.1, 0.15) is 27.0 Å². The minimum atomic E-state index is 0.146. The molecule has 0 heterocycles. The second-order valence-corrected chi connectivity index (χ2v) is 6.48. The van der Waals surface area contributed by atoms with Crippen molar-refractivity contribution in [3.05, 3.63) is 95.1 Å². The Kier molecular flexibility index (Phi) is 3.32. The van der Waals surface area contributed by atoms with E-state index in [-0.39, 0.29) is 5.78 Å². The predicted octanol–water partition coefficient (Wildman–Crippen LogP) is 4.97. The summed E-state index contributed by atoms with van der Waals surface area (Å²) < 4.78 is 0. The van der Waals surface area contributed by atoms with E-state index >= 15 is 0 Å². The summed E-state index contributed by atoms with van der Waals surface area (Å²) in [5.41, 5.74) is 3.97. The average molecular weight is 302 g/mol. The molecule has 1 nitrogen and oxygen atoms in total. The monoisotopic (exact) mass is 302 g/mol. The predicted molar refractivity (Wildman–Crippen MR) is 89.7 cm³/mol. The summed E-state index contributed by atoms with van der Waals surface area (Å²) in [5, 5.41) is 0. The lowest BCUT2D eigenvalue weighted by atomic mass is 9.85. The zero-order valence-electron chi connectivity index (χ0n) is 12.0. The highest BCUT2D eigenvalue weighted by Gasteiger charge is 2.24. The van der Waals surface area contributed by atoms with E-state index in [1.54, 1.807) is 11.8 Å². The molecule has 0 saturated carbocycles. The van der Waals surface area contributed by atoms with E-state index in [0.29, 0.717) is 0 Å². The summed E-state index contributed by atoms with van der Waals surface area (Å²) in [5.74, 6) is 0.146. The van der Waals surface area contributed by atoms with Crippen molar-refractivity contribution in [2.45, 2.75) is 16.2 Å². The molecule has 0 saturated heterocycles. The number of carbonyl (C=O) groups excluding carboxylic acids is 1. The van der Waals surface area contributed by atoms with Crippen LogP contribution in [0, 0.1) is 0 Å². The number of ketones is 1. The molecule has 0 spiro atoms. The van der Waals surface area contributed by atoms with Crippen molar-refractivity contribution >= 4 is 17.5 Å². The maximum absolute atomic E-state index is 12.7. The molecule has 0 atom stereocenters. The second kappa shape index (κ2) is 5.47. The van der Waals surface area contributed by atoms with Crippen molar-refractivity contribution in [2.75, 3.05) is 0 Å². The number of rotatable bonds is 2. The summed E-state index contributed by atoms with van der Waals surface area (Å²) in [7, 11) is 0. The third-order valence-corrected chi connectivity index (χ3v) is 5.09. The number of carbonyl (C=O) groups is 1. The van der Waals surface area contributed by atoms with E-state index in [1.165, 1.54) is 9.79 Å². The summed E-state index contributed by atoms with van der Waals surface area (Å²) in [6.45, 7) is 0. The number of hydrogen-bond donors (Lipinski definition) is 0. The van der Waals surface area contributed by atoms with Crippen LogP contribution in [0.25, 0.3) is 0 Å². The Bertz CT molecular complexity index is 853. The Morgan fingerprint density at radius 3 is 2.32 bits per heavy atom. The third kappa shape index (κ3) is 2.26. The molecule has 0 fully saturated rings. The van der Waals surface area contributed by atoms with E-state index in [1.807, 2.05) is 48.5 Å². The van der Waals surface area contributed by atoms with Crippen molar-refractivity contribution < 1.29 is 4.79 Å². The van der Waals surface area contributed by atoms with Crippen LogP contribution in [0.3, 0.4) is 0 Å². The van der Waals surface area contributed by atoms with Crippen molar-refractivity contribution in [2.24, 2.45) is 0 Å². The Hall–Kier alpha value is -2.32. The lowest BCUT2D eigenvalue weighted by Gasteiger charge is -2.21. The van der Waals surface area contributed by atoms with Crippen LogP contribution in [-0.4, -0.2) is 5.78 Å². The van der Waals surface area contributed by atoms with Gasteiger partial charge in [0.05, 0.1) is 0 Å². The summed E-state index contributed by atoms with van der Waals surface area (Å²) >= 11 is 1.73. The SMILES string of the molecule is O=C1c2ccccc2Cc2c(Sc3ccccc3)cccc21. The Labute approximate surface area is 134 Å². The lowest BCUT2D eigenvalue weighted by Crippen LogP contribution is -2.15. The molecule has 3 aromatic rings. The summed E-state index contributed by atoms with van der Waals surface area (Å²) in [6.07, 6.45) is 0.827. The third-order valence-electron chi connectivity index (χ3n) is 3.98. The van der Waals surface area contributed by atoms with Gasteiger partial charge >= 0.3 is 0 Å². The molecule has 0 unspecified atom stereocenters. The lowest BCUT2D eigenvalue weighted by molar-refractivity contribution is 0.103. The van der Waals surface area contributed by atoms with Crippen LogP contribution in [0.5, 0.6) is 0 Å². The van der Waals surface area contributed by atoms with E-state index in [0.717, 1.165) is 28.7 Å². The normalized spacial score (nSPS) is 12.6. The highest BCUT2D eigenvalue weighted by Crippen LogP contribution is 2.36. The van der Waals surface area contributed by atoms with Crippen LogP contribution >= 0.6 is 11.8 Å². The average Bonchev–Trinajstić information content (AvgIpc) is 2.57. The fourth-order valence-electron chi connectivity index (χ4n) is 2.90. The second-order valence-electron chi connectivity index (χ2n) is 5.36. The first-order valence-electron chi connectivity index (χ1n) is 7.30. The first-order valence-corrected chi connectivity index (χ1v) is 8.12. The van der Waals surface area contributed by atoms with E-state index in [9.17, 15) is 4.79 Å². The molecular formula is C20H14OS. The molecule has 0 aliphatic heterocycles. The van der Waals surface area contributed by atoms with Gasteiger partial charge in [0.25, 0.3) is 0 Å². The highest BCUT2D eigenvalue weighted by molar-refractivity contribution is 7.99. The van der Waals surface area contributed by atoms with Crippen molar-refractivity contribution in [3.8, 4) is 0 Å². The number of fused-ring (bicyclic) bond motifs is 2. The van der Waals surface area contributed by atoms with Gasteiger partial charge in [-0.05, 0) is 29.3 Å². The number of benzene rings is 3. The first kappa shape index (κ1) is 13.4. The van der Waals surface area contributed by atoms with Crippen molar-refractivity contribution in [1.29, 1.82) is 0 Å². The Morgan fingerprint density at radius 2 is 1.45 bits per heavy atom. The van der Waals surface area contributed by atoms with Gasteiger partial charge in [0.2, 0.25) is 0 Å². The summed E-state index contributed by atoms with van der Waals surface area (Å²) in [6, 6.07) is 24.3. The standard InChI is InChI=1S/C20H14OS/c21-20-16-10-5-4-7-14(16)13-18-17(20)11-6-12-19(18)22-15-8-2-1-3-9-15/h1-12H,13H2. The van der Waals surface area contributed by atoms with E-state index < -0.39 is 0 Å². The van der Waals surface area contributed by atoms with Gasteiger partial charge < -0.3 is 0 Å². The minimum absolute atomic E-state index is 0.146. The molecule has 0 bridgehead atoms. The largest absolute Gasteiger partial charge is 0.289 e. The van der Waals surface area contributed by atoms with Gasteiger partial charge in [-0.25, -0.2) is 0 Å². The van der Waals surface area contributed by atoms with Gasteiger partial charge in [-0.2, -0.15) is 0 Å². The maximum atomic E-state index is 12.7. The van der Waals surface area contributed by atoms with Crippen LogP contribution in [0.15, 0.2) is 82.6 Å². The van der Waals surface area contributed by atoms with Gasteiger partial charge in [0.15, 0.2) is 5.78 Å². The topological polar surface area (TPSA) is 17.1 Å². The smallest absolute Gasteiger partial charge is 0.193 e. The fraction of sp³-hybridized carbons (Fsp3) is 0.0500. The van der Waals surface area contributed by atoms with Gasteiger partial charge in [-0.3, -0.25) is 4.79 Å². The molecule has 3 aromatic carbocycles. The van der Waals surface area contributed by atoms with Crippen LogP contribution < -0.4 is 0 Å². The Balaban J connectivity index is 1.79. The maximum Gasteiger partial charge on any atom is 0.193 e. The molecule has 0 radical (unpaired) electrons. The van der Waals surface area contributed by atoms with Crippen LogP contribution in [0.2, 0.25) is 0 Å². The molecular weight excluding hydrogens is 288 g/mol. The number of hydrogen-bond acceptors (Lipinski definition) is 2. The van der Waals surface area contributed by atoms with Gasteiger partial charge in [-0.1, -0.05) is 66.4 Å². The quantitative estimate of drug-likeness (QED) is 0.520. The van der Waals surface area contributed by atoms with E-state index in [4.69, 9.17) is 0 Å². The molecule has 0 N–H and O–H groups in total. The Morgan fingerprint density at radius 1 is 0.727 bits per heavy atom. The molecule has 106 valence electrons. The molecule has 22 heavy (non-hydrogen) atoms. The summed E-state index contributed by atoms with van der Waals surface area (Å²) in [4.78, 5) is 15.1. The molecule has 1 aliphatic rings. The van der Waals surface area contributed by atoms with Gasteiger partial charge in [-0.15, -0.1) is 0 Å². The molecule has 1 aliphatic carbocycles. The first-order chi connectivity index (χ1) is 10.8. The zero-order chi connectivity index (χ0) is 14.9. The zero-order valence-corrected chi connectivity index (χ0v) is 12.8. The highest BCUT2D eigenvalue weighted by atomic mass is 32.2. The molecule has 0 amide bonds. The van der Waals surface area contributed by atoms with Crippen LogP contribution in [0.4, 0.5) is 0 Å².